The van der Waals surface area contributed by atoms with Gasteiger partial charge >= 0.3 is 0 Å². The molecule has 2 atom stereocenters. The van der Waals surface area contributed by atoms with E-state index < -0.39 is 11.2 Å². The van der Waals surface area contributed by atoms with Crippen molar-refractivity contribution in [1.82, 2.24) is 14.6 Å². The second-order valence-corrected chi connectivity index (χ2v) is 10.9. The zero-order valence-electron chi connectivity index (χ0n) is 21.0. The van der Waals surface area contributed by atoms with E-state index in [1.54, 1.807) is 13.3 Å². The maximum Gasteiger partial charge on any atom is 0.153 e. The molecule has 1 saturated heterocycles. The van der Waals surface area contributed by atoms with Gasteiger partial charge in [-0.15, -0.1) is 0 Å². The van der Waals surface area contributed by atoms with Crippen molar-refractivity contribution in [3.63, 3.8) is 0 Å². The first kappa shape index (κ1) is 24.6. The van der Waals surface area contributed by atoms with Gasteiger partial charge in [-0.05, 0) is 60.6 Å². The molecule has 4 aromatic rings. The van der Waals surface area contributed by atoms with E-state index >= 15 is 0 Å². The van der Waals surface area contributed by atoms with Crippen molar-refractivity contribution in [3.8, 4) is 0 Å². The zero-order chi connectivity index (χ0) is 25.4. The zero-order valence-corrected chi connectivity index (χ0v) is 21.8. The number of fused-ring (bicyclic) bond motifs is 3. The molecular formula is C28H33N5O2S. The number of hydrazine groups is 1. The molecule has 7 nitrogen and oxygen atoms in total. The van der Waals surface area contributed by atoms with Crippen molar-refractivity contribution in [2.45, 2.75) is 30.7 Å². The SMILES string of the molecule is C/C(N)=C(\c1cnc2c3cc([S+](C)[O-])ccc3n(C(c3ccccc3)C3CCOCC3)c2c1)N(C)N. The lowest BCUT2D eigenvalue weighted by atomic mass is 9.86. The van der Waals surface area contributed by atoms with Crippen molar-refractivity contribution in [3.05, 3.63) is 77.6 Å². The van der Waals surface area contributed by atoms with Crippen molar-refractivity contribution in [1.29, 1.82) is 0 Å². The van der Waals surface area contributed by atoms with E-state index in [1.165, 1.54) is 10.6 Å². The minimum atomic E-state index is -1.09. The van der Waals surface area contributed by atoms with Crippen LogP contribution in [0, 0.1) is 5.92 Å². The Morgan fingerprint density at radius 2 is 1.86 bits per heavy atom. The van der Waals surface area contributed by atoms with Crippen molar-refractivity contribution < 1.29 is 9.29 Å². The van der Waals surface area contributed by atoms with E-state index in [0.717, 1.165) is 64.1 Å². The van der Waals surface area contributed by atoms with E-state index in [1.807, 2.05) is 25.3 Å². The molecule has 2 unspecified atom stereocenters. The average molecular weight is 504 g/mol. The van der Waals surface area contributed by atoms with Gasteiger partial charge in [-0.25, -0.2) is 5.84 Å². The number of allylic oxidation sites excluding steroid dienone is 1. The minimum absolute atomic E-state index is 0.0899. The maximum absolute atomic E-state index is 12.4. The molecule has 8 heteroatoms. The van der Waals surface area contributed by atoms with E-state index in [4.69, 9.17) is 21.3 Å². The minimum Gasteiger partial charge on any atom is -0.612 e. The molecule has 5 rings (SSSR count). The Labute approximate surface area is 214 Å². The van der Waals surface area contributed by atoms with Crippen LogP contribution in [0.4, 0.5) is 0 Å². The fraction of sp³-hybridized carbons (Fsp3) is 0.321. The Morgan fingerprint density at radius 3 is 2.50 bits per heavy atom. The number of nitrogens with zero attached hydrogens (tertiary/aromatic N) is 3. The smallest absolute Gasteiger partial charge is 0.153 e. The first-order chi connectivity index (χ1) is 17.4. The largest absolute Gasteiger partial charge is 0.612 e. The molecular weight excluding hydrogens is 470 g/mol. The third-order valence-corrected chi connectivity index (χ3v) is 7.99. The quantitative estimate of drug-likeness (QED) is 0.230. The molecule has 0 aliphatic carbocycles. The third kappa shape index (κ3) is 4.46. The van der Waals surface area contributed by atoms with Crippen LogP contribution >= 0.6 is 0 Å². The van der Waals surface area contributed by atoms with Crippen molar-refractivity contribution in [2.75, 3.05) is 26.5 Å². The Hall–Kier alpha value is -3.04. The van der Waals surface area contributed by atoms with Gasteiger partial charge in [0.1, 0.15) is 6.26 Å². The lowest BCUT2D eigenvalue weighted by Gasteiger charge is -2.33. The predicted octanol–water partition coefficient (Wildman–Crippen LogP) is 4.40. The number of benzene rings is 2. The third-order valence-electron chi connectivity index (χ3n) is 7.07. The van der Waals surface area contributed by atoms with Crippen LogP contribution in [-0.4, -0.2) is 45.6 Å². The fourth-order valence-corrected chi connectivity index (χ4v) is 6.06. The first-order valence-corrected chi connectivity index (χ1v) is 13.8. The number of hydrogen-bond acceptors (Lipinski definition) is 6. The standard InChI is InChI=1S/C28H33N5O2S/c1-18(29)27(32(2)30)21-15-25-26(31-17-21)23-16-22(36(3)34)9-10-24(23)33(25)28(19-7-5-4-6-8-19)20-11-13-35-14-12-20/h4-10,15-17,20,28H,11-14,29-30H2,1-3H3/b27-18-. The summed E-state index contributed by atoms with van der Waals surface area (Å²) in [7, 11) is 1.78. The predicted molar refractivity (Wildman–Crippen MR) is 146 cm³/mol. The summed E-state index contributed by atoms with van der Waals surface area (Å²) in [5, 5.41) is 2.53. The lowest BCUT2D eigenvalue weighted by molar-refractivity contribution is 0.0553. The van der Waals surface area contributed by atoms with Gasteiger partial charge in [-0.2, -0.15) is 0 Å². The highest BCUT2D eigenvalue weighted by atomic mass is 32.2. The maximum atomic E-state index is 12.4. The fourth-order valence-electron chi connectivity index (χ4n) is 5.52. The summed E-state index contributed by atoms with van der Waals surface area (Å²) in [6, 6.07) is 18.9. The molecule has 1 aliphatic rings. The lowest BCUT2D eigenvalue weighted by Crippen LogP contribution is -2.27. The molecule has 0 bridgehead atoms. The molecule has 188 valence electrons. The molecule has 4 N–H and O–H groups in total. The summed E-state index contributed by atoms with van der Waals surface area (Å²) < 4.78 is 20.5. The van der Waals surface area contributed by atoms with Crippen LogP contribution in [0.2, 0.25) is 0 Å². The van der Waals surface area contributed by atoms with Crippen LogP contribution in [0.3, 0.4) is 0 Å². The summed E-state index contributed by atoms with van der Waals surface area (Å²) in [6.45, 7) is 3.35. The number of aromatic nitrogens is 2. The van der Waals surface area contributed by atoms with Crippen LogP contribution in [0.1, 0.15) is 36.9 Å². The van der Waals surface area contributed by atoms with Crippen LogP contribution < -0.4 is 11.6 Å². The van der Waals surface area contributed by atoms with Crippen molar-refractivity contribution in [2.24, 2.45) is 17.5 Å². The second kappa shape index (κ2) is 10.1. The van der Waals surface area contributed by atoms with Gasteiger partial charge in [0.2, 0.25) is 0 Å². The van der Waals surface area contributed by atoms with Crippen LogP contribution in [0.15, 0.2) is 71.4 Å². The number of rotatable bonds is 6. The molecule has 0 spiro atoms. The summed E-state index contributed by atoms with van der Waals surface area (Å²) >= 11 is -1.09. The molecule has 0 amide bonds. The number of pyridine rings is 1. The van der Waals surface area contributed by atoms with E-state index in [9.17, 15) is 4.55 Å². The summed E-state index contributed by atoms with van der Waals surface area (Å²) in [6.07, 6.45) is 5.48. The highest BCUT2D eigenvalue weighted by Gasteiger charge is 2.30. The van der Waals surface area contributed by atoms with Crippen LogP contribution in [0.5, 0.6) is 0 Å². The number of ether oxygens (including phenoxy) is 1. The van der Waals surface area contributed by atoms with Gasteiger partial charge in [0.25, 0.3) is 0 Å². The second-order valence-electron chi connectivity index (χ2n) is 9.54. The van der Waals surface area contributed by atoms with Gasteiger partial charge in [0.05, 0.1) is 28.3 Å². The molecule has 2 aromatic heterocycles. The molecule has 0 radical (unpaired) electrons. The Bertz CT molecular complexity index is 1400. The van der Waals surface area contributed by atoms with Gasteiger partial charge in [0.15, 0.2) is 4.90 Å². The Kier molecular flexibility index (Phi) is 6.94. The number of hydrogen-bond donors (Lipinski definition) is 2. The summed E-state index contributed by atoms with van der Waals surface area (Å²) in [5.41, 5.74) is 12.6. The van der Waals surface area contributed by atoms with Gasteiger partial charge in [-0.1, -0.05) is 30.3 Å². The monoisotopic (exact) mass is 503 g/mol. The highest BCUT2D eigenvalue weighted by molar-refractivity contribution is 7.90. The van der Waals surface area contributed by atoms with Gasteiger partial charge in [-0.3, -0.25) is 4.98 Å². The first-order valence-electron chi connectivity index (χ1n) is 12.2. The van der Waals surface area contributed by atoms with E-state index in [2.05, 4.69) is 47.0 Å². The normalized spacial score (nSPS) is 17.2. The molecule has 1 fully saturated rings. The molecule has 36 heavy (non-hydrogen) atoms. The molecule has 1 aliphatic heterocycles. The van der Waals surface area contributed by atoms with Crippen molar-refractivity contribution >= 4 is 38.8 Å². The molecule has 0 saturated carbocycles. The van der Waals surface area contributed by atoms with Crippen LogP contribution in [0.25, 0.3) is 27.6 Å². The van der Waals surface area contributed by atoms with Crippen LogP contribution in [-0.2, 0) is 15.9 Å². The summed E-state index contributed by atoms with van der Waals surface area (Å²) in [5.74, 6) is 6.56. The Balaban J connectivity index is 1.85. The van der Waals surface area contributed by atoms with Gasteiger partial charge < -0.3 is 24.6 Å². The highest BCUT2D eigenvalue weighted by Crippen LogP contribution is 2.41. The Morgan fingerprint density at radius 1 is 1.14 bits per heavy atom. The van der Waals surface area contributed by atoms with Gasteiger partial charge in [0, 0.05) is 49.2 Å². The molecule has 2 aromatic carbocycles. The average Bonchev–Trinajstić information content (AvgIpc) is 3.18. The van der Waals surface area contributed by atoms with E-state index in [0.29, 0.717) is 11.6 Å². The summed E-state index contributed by atoms with van der Waals surface area (Å²) in [4.78, 5) is 5.71. The topological polar surface area (TPSA) is 105 Å². The number of nitrogens with two attached hydrogens (primary N) is 2. The van der Waals surface area contributed by atoms with E-state index in [-0.39, 0.29) is 6.04 Å². The molecule has 3 heterocycles.